The molecule has 0 spiro atoms. The van der Waals surface area contributed by atoms with Gasteiger partial charge in [0.1, 0.15) is 12.2 Å². The summed E-state index contributed by atoms with van der Waals surface area (Å²) in [5.41, 5.74) is -1.67. The van der Waals surface area contributed by atoms with Crippen LogP contribution in [0, 0.1) is 0 Å². The Balaban J connectivity index is -0.0000000517. The van der Waals surface area contributed by atoms with Crippen LogP contribution in [0.3, 0.4) is 0 Å². The molecule has 0 atom stereocenters. The molecule has 1 nitrogen and oxygen atoms in total. The first-order valence-corrected chi connectivity index (χ1v) is 10.2. The van der Waals surface area contributed by atoms with Crippen LogP contribution in [0.15, 0.2) is 87.8 Å². The maximum absolute atomic E-state index is 11.4. The zero-order chi connectivity index (χ0) is 40.9. The normalized spacial score (nSPS) is 9.70. The zero-order valence-electron chi connectivity index (χ0n) is 24.1. The number of hydrogen-bond donors (Lipinski definition) is 0. The summed E-state index contributed by atoms with van der Waals surface area (Å²) in [7, 11) is 0.500. The number of halogens is 22. The average molecular weight is 752 g/mol. The lowest BCUT2D eigenvalue weighted by Crippen LogP contribution is -2.24. The minimum Gasteiger partial charge on any atom is -0.498 e. The van der Waals surface area contributed by atoms with Gasteiger partial charge in [0.05, 0.1) is 13.4 Å². The fourth-order valence-electron chi connectivity index (χ4n) is 0.471. The van der Waals surface area contributed by atoms with Crippen LogP contribution in [-0.4, -0.2) is 57.5 Å². The van der Waals surface area contributed by atoms with Crippen molar-refractivity contribution in [3.05, 3.63) is 87.8 Å². The number of ether oxygens (including phenoxy) is 1. The summed E-state index contributed by atoms with van der Waals surface area (Å²) in [5, 5.41) is 0. The second kappa shape index (κ2) is 38.6. The third-order valence-electron chi connectivity index (χ3n) is 2.32. The molecule has 0 aliphatic carbocycles. The van der Waals surface area contributed by atoms with Crippen molar-refractivity contribution in [2.45, 2.75) is 37.3 Å². The Kier molecular flexibility index (Phi) is 54.2. The van der Waals surface area contributed by atoms with Gasteiger partial charge in [0.25, 0.3) is 17.9 Å². The van der Waals surface area contributed by atoms with Gasteiger partial charge in [0.15, 0.2) is 13.3 Å². The first-order chi connectivity index (χ1) is 21.0. The van der Waals surface area contributed by atoms with Crippen molar-refractivity contribution in [2.24, 2.45) is 0 Å². The number of rotatable bonds is 7. The van der Waals surface area contributed by atoms with Gasteiger partial charge < -0.3 is 4.74 Å². The Morgan fingerprint density at radius 1 is 0.574 bits per heavy atom. The van der Waals surface area contributed by atoms with Crippen molar-refractivity contribution in [2.75, 3.05) is 27.1 Å². The van der Waals surface area contributed by atoms with Gasteiger partial charge in [-0.25, -0.2) is 8.78 Å². The predicted molar refractivity (Wildman–Crippen MR) is 134 cm³/mol. The zero-order valence-corrected chi connectivity index (χ0v) is 24.1. The molecule has 0 bridgehead atoms. The first-order valence-electron chi connectivity index (χ1n) is 10.2. The summed E-state index contributed by atoms with van der Waals surface area (Å²) in [6.45, 7) is 18.2. The van der Waals surface area contributed by atoms with E-state index in [-0.39, 0.29) is 18.2 Å². The van der Waals surface area contributed by atoms with E-state index in [0.717, 1.165) is 5.57 Å². The van der Waals surface area contributed by atoms with Crippen molar-refractivity contribution < 1.29 is 102 Å². The molecule has 0 radical (unpaired) electrons. The van der Waals surface area contributed by atoms with Crippen molar-refractivity contribution in [1.82, 2.24) is 0 Å². The molecule has 0 aromatic rings. The molecule has 0 amide bonds. The largest absolute Gasteiger partial charge is 0.498 e. The van der Waals surface area contributed by atoms with Crippen LogP contribution >= 0.6 is 0 Å². The van der Waals surface area contributed by atoms with Crippen molar-refractivity contribution in [1.29, 1.82) is 0 Å². The fraction of sp³-hybridized carbons (Fsp3) is 0.417. The van der Waals surface area contributed by atoms with Crippen LogP contribution in [0.25, 0.3) is 0 Å². The predicted octanol–water partition coefficient (Wildman–Crippen LogP) is 13.3. The number of hydrogen-bond acceptors (Lipinski definition) is 1. The summed E-state index contributed by atoms with van der Waals surface area (Å²) in [5.74, 6) is -6.64. The molecule has 47 heavy (non-hydrogen) atoms. The smallest absolute Gasteiger partial charge is 0.420 e. The third-order valence-corrected chi connectivity index (χ3v) is 2.32. The molecule has 0 fully saturated rings. The van der Waals surface area contributed by atoms with Gasteiger partial charge in [0, 0.05) is 24.4 Å². The molecule has 0 unspecified atom stereocenters. The van der Waals surface area contributed by atoms with Crippen LogP contribution in [0.5, 0.6) is 0 Å². The Morgan fingerprint density at radius 2 is 0.787 bits per heavy atom. The molecule has 0 aromatic carbocycles. The molecule has 0 saturated heterocycles. The molecule has 0 heterocycles. The van der Waals surface area contributed by atoms with Gasteiger partial charge in [-0.3, -0.25) is 4.39 Å². The minimum atomic E-state index is -5.38. The summed E-state index contributed by atoms with van der Waals surface area (Å²) >= 11 is 0. The van der Waals surface area contributed by atoms with E-state index in [9.17, 15) is 79.0 Å². The Labute approximate surface area is 255 Å². The molecule has 0 saturated carbocycles. The lowest BCUT2D eigenvalue weighted by molar-refractivity contribution is -0.171. The van der Waals surface area contributed by atoms with E-state index in [2.05, 4.69) is 39.5 Å². The van der Waals surface area contributed by atoms with E-state index in [1.165, 1.54) is 6.26 Å². The number of alkyl halides is 16. The summed E-state index contributed by atoms with van der Waals surface area (Å²) < 4.78 is 233. The topological polar surface area (TPSA) is 9.23 Å². The monoisotopic (exact) mass is 752 g/mol. The SMILES string of the molecule is C=C(C(F)(F)F)C(F)(F)F.C=C(F)F.C=CC(F)(F)CF.C=CC(F)(F)CF.C=CC(F)(F)F.C=COCC(=C)C.CF.FF.FF. The molecule has 23 heteroatoms. The highest BCUT2D eigenvalue weighted by Crippen LogP contribution is 2.36. The van der Waals surface area contributed by atoms with Crippen molar-refractivity contribution in [3.8, 4) is 0 Å². The highest BCUT2D eigenvalue weighted by molar-refractivity contribution is 5.09. The Bertz CT molecular complexity index is 724. The van der Waals surface area contributed by atoms with Gasteiger partial charge in [-0.1, -0.05) is 39.5 Å². The summed E-state index contributed by atoms with van der Waals surface area (Å²) in [6.07, 6.45) is -14.9. The van der Waals surface area contributed by atoms with Gasteiger partial charge >= 0.3 is 18.5 Å². The molecule has 286 valence electrons. The minimum absolute atomic E-state index is 0.0625. The second-order valence-corrected chi connectivity index (χ2v) is 6.19. The lowest BCUT2D eigenvalue weighted by atomic mass is 10.3. The molecule has 0 aliphatic heterocycles. The maximum Gasteiger partial charge on any atom is 0.420 e. The van der Waals surface area contributed by atoms with E-state index < -0.39 is 55.4 Å². The summed E-state index contributed by atoms with van der Waals surface area (Å²) in [6, 6.07) is 0. The molecule has 0 aromatic heterocycles. The van der Waals surface area contributed by atoms with Crippen molar-refractivity contribution in [3.63, 3.8) is 0 Å². The third kappa shape index (κ3) is 92.2. The van der Waals surface area contributed by atoms with Crippen LogP contribution in [0.1, 0.15) is 6.92 Å². The molecule has 0 N–H and O–H groups in total. The number of allylic oxidation sites excluding steroid dienone is 4. The van der Waals surface area contributed by atoms with Crippen LogP contribution in [0.4, 0.5) is 97.3 Å². The van der Waals surface area contributed by atoms with E-state index >= 15 is 0 Å². The van der Waals surface area contributed by atoms with E-state index in [4.69, 9.17) is 23.0 Å². The van der Waals surface area contributed by atoms with Crippen LogP contribution in [0.2, 0.25) is 0 Å². The average Bonchev–Trinajstić information content (AvgIpc) is 2.98. The molecular formula is C24H30F22O. The maximum atomic E-state index is 11.4. The highest BCUT2D eigenvalue weighted by Gasteiger charge is 2.49. The lowest BCUT2D eigenvalue weighted by Gasteiger charge is -2.12. The molecule has 0 aliphatic rings. The van der Waals surface area contributed by atoms with E-state index in [1.54, 1.807) is 0 Å². The van der Waals surface area contributed by atoms with E-state index in [1.807, 2.05) is 13.5 Å². The second-order valence-electron chi connectivity index (χ2n) is 6.19. The standard InChI is InChI=1S/C6H10O.C4H2F6.2C4H5F3.C3H3F3.C2H2F2.CH3F.2F2/c1-4-7-5-6(2)3;1-2(3(5,6)7)4(8,9)10;2*1-2-4(6,7)3-5;1-2-3(4,5)6;1-2(3)4;3*1-2/h4H,1-2,5H2,3H3;1H2;2*2H,1,3H2;2H,1H2;1H2;1H3;;. The van der Waals surface area contributed by atoms with E-state index in [0.29, 0.717) is 13.8 Å². The Morgan fingerprint density at radius 3 is 0.809 bits per heavy atom. The molecular weight excluding hydrogens is 722 g/mol. The van der Waals surface area contributed by atoms with Crippen LogP contribution in [-0.2, 0) is 4.74 Å². The van der Waals surface area contributed by atoms with Crippen LogP contribution < -0.4 is 0 Å². The fourth-order valence-corrected chi connectivity index (χ4v) is 0.471. The quantitative estimate of drug-likeness (QED) is 0.143. The van der Waals surface area contributed by atoms with Crippen molar-refractivity contribution >= 4 is 0 Å². The van der Waals surface area contributed by atoms with Gasteiger partial charge in [-0.15, -0.1) is 0 Å². The van der Waals surface area contributed by atoms with Gasteiger partial charge in [0.2, 0.25) is 0 Å². The highest BCUT2D eigenvalue weighted by atomic mass is 20.0. The molecule has 0 rings (SSSR count). The Hall–Kier alpha value is -3.56. The van der Waals surface area contributed by atoms with Gasteiger partial charge in [-0.05, 0) is 31.2 Å². The van der Waals surface area contributed by atoms with Gasteiger partial charge in [-0.2, -0.15) is 65.9 Å². The summed E-state index contributed by atoms with van der Waals surface area (Å²) in [4.78, 5) is 0. The first kappa shape index (κ1) is 66.0.